The smallest absolute Gasteiger partial charge is 0.269 e. The molecule has 2 aromatic carbocycles. The molecule has 2 rings (SSSR count). The van der Waals surface area contributed by atoms with Gasteiger partial charge < -0.3 is 10.6 Å². The van der Waals surface area contributed by atoms with Gasteiger partial charge in [-0.1, -0.05) is 15.9 Å². The molecule has 0 atom stereocenters. The van der Waals surface area contributed by atoms with Crippen LogP contribution in [0.4, 0.5) is 21.5 Å². The molecule has 0 saturated carbocycles. The van der Waals surface area contributed by atoms with Crippen LogP contribution in [0.15, 0.2) is 40.9 Å². The van der Waals surface area contributed by atoms with E-state index in [1.54, 1.807) is 13.0 Å². The zero-order chi connectivity index (χ0) is 17.0. The number of rotatable bonds is 5. The van der Waals surface area contributed by atoms with Crippen molar-refractivity contribution in [3.63, 3.8) is 0 Å². The lowest BCUT2D eigenvalue weighted by molar-refractivity contribution is -0.384. The Morgan fingerprint density at radius 1 is 1.26 bits per heavy atom. The van der Waals surface area contributed by atoms with Gasteiger partial charge in [0, 0.05) is 22.3 Å². The van der Waals surface area contributed by atoms with Gasteiger partial charge >= 0.3 is 0 Å². The largest absolute Gasteiger partial charge is 0.374 e. The summed E-state index contributed by atoms with van der Waals surface area (Å²) in [6.07, 6.45) is 0. The van der Waals surface area contributed by atoms with E-state index in [4.69, 9.17) is 0 Å². The van der Waals surface area contributed by atoms with E-state index < -0.39 is 10.7 Å². The summed E-state index contributed by atoms with van der Waals surface area (Å²) in [6, 6.07) is 8.61. The van der Waals surface area contributed by atoms with Crippen LogP contribution >= 0.6 is 15.9 Å². The van der Waals surface area contributed by atoms with Crippen molar-refractivity contribution >= 4 is 38.9 Å². The summed E-state index contributed by atoms with van der Waals surface area (Å²) in [5.41, 5.74) is 1.21. The van der Waals surface area contributed by atoms with Crippen molar-refractivity contribution in [1.82, 2.24) is 0 Å². The van der Waals surface area contributed by atoms with Crippen LogP contribution in [0.5, 0.6) is 0 Å². The normalized spacial score (nSPS) is 10.2. The Morgan fingerprint density at radius 3 is 2.57 bits per heavy atom. The highest BCUT2D eigenvalue weighted by Gasteiger charge is 2.11. The number of anilines is 2. The van der Waals surface area contributed by atoms with Crippen molar-refractivity contribution in [1.29, 1.82) is 0 Å². The van der Waals surface area contributed by atoms with Crippen LogP contribution < -0.4 is 10.6 Å². The molecule has 0 saturated heterocycles. The third-order valence-electron chi connectivity index (χ3n) is 3.07. The highest BCUT2D eigenvalue weighted by atomic mass is 79.9. The fourth-order valence-electron chi connectivity index (χ4n) is 1.90. The number of halogens is 2. The number of aryl methyl sites for hydroxylation is 1. The molecule has 2 N–H and O–H groups in total. The number of amides is 1. The third kappa shape index (κ3) is 4.49. The number of non-ortho nitro benzene ring substituents is 1. The van der Waals surface area contributed by atoms with E-state index in [0.717, 1.165) is 0 Å². The zero-order valence-corrected chi connectivity index (χ0v) is 13.7. The molecule has 0 spiro atoms. The molecule has 8 heteroatoms. The molecule has 0 aliphatic rings. The number of hydrogen-bond acceptors (Lipinski definition) is 4. The molecule has 6 nitrogen and oxygen atoms in total. The van der Waals surface area contributed by atoms with E-state index in [-0.39, 0.29) is 23.8 Å². The van der Waals surface area contributed by atoms with E-state index in [1.807, 2.05) is 0 Å². The van der Waals surface area contributed by atoms with Gasteiger partial charge in [-0.05, 0) is 36.8 Å². The first-order chi connectivity index (χ1) is 10.9. The first-order valence-electron chi connectivity index (χ1n) is 6.60. The van der Waals surface area contributed by atoms with Crippen molar-refractivity contribution in [2.75, 3.05) is 17.2 Å². The summed E-state index contributed by atoms with van der Waals surface area (Å²) in [5, 5.41) is 16.0. The predicted molar refractivity (Wildman–Crippen MR) is 89.1 cm³/mol. The topological polar surface area (TPSA) is 84.3 Å². The molecule has 2 aromatic rings. The first kappa shape index (κ1) is 16.9. The summed E-state index contributed by atoms with van der Waals surface area (Å²) >= 11 is 3.15. The molecule has 0 heterocycles. The van der Waals surface area contributed by atoms with Crippen LogP contribution in [0.3, 0.4) is 0 Å². The van der Waals surface area contributed by atoms with Gasteiger partial charge in [0.05, 0.1) is 17.2 Å². The lowest BCUT2D eigenvalue weighted by Crippen LogP contribution is -2.22. The average Bonchev–Trinajstić information content (AvgIpc) is 2.48. The van der Waals surface area contributed by atoms with Crippen molar-refractivity contribution in [2.45, 2.75) is 6.92 Å². The van der Waals surface area contributed by atoms with Gasteiger partial charge in [0.1, 0.15) is 5.82 Å². The number of hydrogen-bond donors (Lipinski definition) is 2. The number of nitro benzene ring substituents is 1. The highest BCUT2D eigenvalue weighted by molar-refractivity contribution is 9.10. The molecule has 23 heavy (non-hydrogen) atoms. The molecule has 0 unspecified atom stereocenters. The van der Waals surface area contributed by atoms with Gasteiger partial charge in [0.2, 0.25) is 5.91 Å². The Kier molecular flexibility index (Phi) is 5.28. The van der Waals surface area contributed by atoms with Crippen LogP contribution in [0.25, 0.3) is 0 Å². The second-order valence-electron chi connectivity index (χ2n) is 4.78. The minimum absolute atomic E-state index is 0.0458. The van der Waals surface area contributed by atoms with Gasteiger partial charge in [-0.3, -0.25) is 14.9 Å². The van der Waals surface area contributed by atoms with E-state index in [0.29, 0.717) is 15.7 Å². The maximum atomic E-state index is 13.6. The van der Waals surface area contributed by atoms with Crippen LogP contribution in [0.2, 0.25) is 0 Å². The van der Waals surface area contributed by atoms with Crippen LogP contribution in [-0.4, -0.2) is 17.4 Å². The molecule has 1 amide bonds. The lowest BCUT2D eigenvalue weighted by atomic mass is 10.2. The predicted octanol–water partition coefficient (Wildman–Crippen LogP) is 3.86. The number of carbonyl (C=O) groups excluding carboxylic acids is 1. The number of carbonyl (C=O) groups is 1. The van der Waals surface area contributed by atoms with Gasteiger partial charge in [0.15, 0.2) is 0 Å². The monoisotopic (exact) mass is 381 g/mol. The number of benzene rings is 2. The maximum absolute atomic E-state index is 13.6. The molecular formula is C15H13BrFN3O3. The molecule has 0 aliphatic heterocycles. The maximum Gasteiger partial charge on any atom is 0.269 e. The lowest BCUT2D eigenvalue weighted by Gasteiger charge is -2.10. The Hall–Kier alpha value is -2.48. The van der Waals surface area contributed by atoms with Crippen molar-refractivity contribution in [3.05, 3.63) is 62.4 Å². The average molecular weight is 382 g/mol. The van der Waals surface area contributed by atoms with Crippen molar-refractivity contribution < 1.29 is 14.1 Å². The van der Waals surface area contributed by atoms with Crippen molar-refractivity contribution in [2.24, 2.45) is 0 Å². The van der Waals surface area contributed by atoms with Gasteiger partial charge in [-0.25, -0.2) is 4.39 Å². The Bertz CT molecular complexity index is 768. The highest BCUT2D eigenvalue weighted by Crippen LogP contribution is 2.21. The SMILES string of the molecule is Cc1cc([N+](=O)[O-])ccc1NC(=O)CNc1ccc(Br)cc1F. The van der Waals surface area contributed by atoms with Crippen molar-refractivity contribution in [3.8, 4) is 0 Å². The summed E-state index contributed by atoms with van der Waals surface area (Å²) in [7, 11) is 0. The Morgan fingerprint density at radius 2 is 1.96 bits per heavy atom. The second kappa shape index (κ2) is 7.19. The van der Waals surface area contributed by atoms with Gasteiger partial charge in [0.25, 0.3) is 5.69 Å². The number of nitrogens with one attached hydrogen (secondary N) is 2. The standard InChI is InChI=1S/C15H13BrFN3O3/c1-9-6-11(20(22)23)3-5-13(9)19-15(21)8-18-14-4-2-10(16)7-12(14)17/h2-7,18H,8H2,1H3,(H,19,21). The second-order valence-corrected chi connectivity index (χ2v) is 5.70. The fraction of sp³-hybridized carbons (Fsp3) is 0.133. The van der Waals surface area contributed by atoms with E-state index in [2.05, 4.69) is 26.6 Å². The zero-order valence-electron chi connectivity index (χ0n) is 12.1. The minimum atomic E-state index is -0.504. The van der Waals surface area contributed by atoms with E-state index >= 15 is 0 Å². The summed E-state index contributed by atoms with van der Waals surface area (Å²) in [5.74, 6) is -0.858. The van der Waals surface area contributed by atoms with Gasteiger partial charge in [-0.15, -0.1) is 0 Å². The summed E-state index contributed by atoms with van der Waals surface area (Å²) < 4.78 is 14.2. The summed E-state index contributed by atoms with van der Waals surface area (Å²) in [6.45, 7) is 1.53. The summed E-state index contributed by atoms with van der Waals surface area (Å²) in [4.78, 5) is 22.1. The molecule has 0 aromatic heterocycles. The Balaban J connectivity index is 1.98. The van der Waals surface area contributed by atoms with Crippen LogP contribution in [0, 0.1) is 22.9 Å². The fourth-order valence-corrected chi connectivity index (χ4v) is 2.24. The number of nitrogens with zero attached hydrogens (tertiary/aromatic N) is 1. The third-order valence-corrected chi connectivity index (χ3v) is 3.56. The van der Waals surface area contributed by atoms with E-state index in [9.17, 15) is 19.3 Å². The molecule has 0 radical (unpaired) electrons. The quantitative estimate of drug-likeness (QED) is 0.608. The molecule has 0 fully saturated rings. The van der Waals surface area contributed by atoms with Gasteiger partial charge in [-0.2, -0.15) is 0 Å². The molecule has 120 valence electrons. The van der Waals surface area contributed by atoms with Crippen LogP contribution in [-0.2, 0) is 4.79 Å². The Labute approximate surface area is 140 Å². The van der Waals surface area contributed by atoms with Crippen LogP contribution in [0.1, 0.15) is 5.56 Å². The molecule has 0 bridgehead atoms. The minimum Gasteiger partial charge on any atom is -0.374 e. The first-order valence-corrected chi connectivity index (χ1v) is 7.40. The molecule has 0 aliphatic carbocycles. The number of nitro groups is 1. The van der Waals surface area contributed by atoms with E-state index in [1.165, 1.54) is 30.3 Å². The molecular weight excluding hydrogens is 369 g/mol.